The number of piperidine rings is 1. The Hall–Kier alpha value is -0.870. The molecule has 1 aliphatic rings. The van der Waals surface area contributed by atoms with Crippen molar-refractivity contribution in [1.29, 1.82) is 0 Å². The van der Waals surface area contributed by atoms with Crippen LogP contribution in [0.1, 0.15) is 41.6 Å². The Morgan fingerprint density at radius 2 is 2.25 bits per heavy atom. The van der Waals surface area contributed by atoms with Crippen molar-refractivity contribution in [2.45, 2.75) is 38.6 Å². The number of hydrogen-bond acceptors (Lipinski definition) is 2. The summed E-state index contributed by atoms with van der Waals surface area (Å²) in [6.45, 7) is 3.89. The van der Waals surface area contributed by atoms with Gasteiger partial charge in [-0.15, -0.1) is 0 Å². The van der Waals surface area contributed by atoms with Crippen LogP contribution >= 0.6 is 15.9 Å². The Morgan fingerprint density at radius 1 is 1.45 bits per heavy atom. The van der Waals surface area contributed by atoms with Crippen LogP contribution in [0, 0.1) is 6.92 Å². The van der Waals surface area contributed by atoms with Gasteiger partial charge in [-0.2, -0.15) is 0 Å². The first-order valence-electron chi connectivity index (χ1n) is 7.35. The average Bonchev–Trinajstić information content (AvgIpc) is 2.47. The summed E-state index contributed by atoms with van der Waals surface area (Å²) in [4.78, 5) is 14.8. The number of aryl methyl sites for hydroxylation is 1. The molecule has 1 heterocycles. The third-order valence-electron chi connectivity index (χ3n) is 4.03. The topological polar surface area (TPSA) is 32.3 Å². The maximum absolute atomic E-state index is 12.7. The minimum Gasteiger partial charge on any atom is -0.336 e. The third kappa shape index (κ3) is 3.61. The highest BCUT2D eigenvalue weighted by molar-refractivity contribution is 9.10. The molecule has 3 nitrogen and oxygen atoms in total. The van der Waals surface area contributed by atoms with Gasteiger partial charge >= 0.3 is 0 Å². The van der Waals surface area contributed by atoms with Gasteiger partial charge < -0.3 is 10.2 Å². The van der Waals surface area contributed by atoms with Crippen LogP contribution in [0.3, 0.4) is 0 Å². The summed E-state index contributed by atoms with van der Waals surface area (Å²) in [5.74, 6) is 0.173. The first kappa shape index (κ1) is 15.5. The molecule has 1 aliphatic heterocycles. The molecule has 0 aromatic heterocycles. The maximum atomic E-state index is 12.7. The molecule has 1 aromatic carbocycles. The van der Waals surface area contributed by atoms with Crippen molar-refractivity contribution in [2.75, 3.05) is 20.1 Å². The molecular weight excluding hydrogens is 316 g/mol. The number of halogens is 1. The molecule has 0 spiro atoms. The Bertz CT molecular complexity index is 476. The van der Waals surface area contributed by atoms with E-state index in [9.17, 15) is 4.79 Å². The van der Waals surface area contributed by atoms with E-state index in [0.717, 1.165) is 48.0 Å². The van der Waals surface area contributed by atoms with Crippen molar-refractivity contribution in [1.82, 2.24) is 10.2 Å². The fourth-order valence-electron chi connectivity index (χ4n) is 2.77. The zero-order chi connectivity index (χ0) is 14.5. The second-order valence-electron chi connectivity index (χ2n) is 5.50. The second-order valence-corrected chi connectivity index (χ2v) is 6.36. The van der Waals surface area contributed by atoms with E-state index in [2.05, 4.69) is 26.1 Å². The molecule has 1 aromatic rings. The minimum absolute atomic E-state index is 0.173. The normalized spacial score (nSPS) is 19.1. The Kier molecular flexibility index (Phi) is 5.61. The number of carbonyl (C=O) groups is 1. The molecule has 1 N–H and O–H groups in total. The summed E-state index contributed by atoms with van der Waals surface area (Å²) < 4.78 is 1.01. The van der Waals surface area contributed by atoms with E-state index < -0.39 is 0 Å². The van der Waals surface area contributed by atoms with Gasteiger partial charge in [0.2, 0.25) is 0 Å². The second kappa shape index (κ2) is 7.23. The summed E-state index contributed by atoms with van der Waals surface area (Å²) in [5.41, 5.74) is 1.95. The molecule has 0 saturated carbocycles. The molecule has 0 aliphatic carbocycles. The van der Waals surface area contributed by atoms with E-state index in [1.165, 1.54) is 6.42 Å². The van der Waals surface area contributed by atoms with Crippen LogP contribution in [-0.4, -0.2) is 37.0 Å². The van der Waals surface area contributed by atoms with Gasteiger partial charge in [0.25, 0.3) is 5.91 Å². The number of likely N-dealkylation sites (tertiary alicyclic amines) is 1. The predicted molar refractivity (Wildman–Crippen MR) is 86.1 cm³/mol. The molecule has 1 saturated heterocycles. The first-order valence-corrected chi connectivity index (χ1v) is 8.14. The summed E-state index contributed by atoms with van der Waals surface area (Å²) in [6, 6.07) is 6.26. The first-order chi connectivity index (χ1) is 9.63. The fourth-order valence-corrected chi connectivity index (χ4v) is 3.15. The highest BCUT2D eigenvalue weighted by Crippen LogP contribution is 2.24. The molecule has 110 valence electrons. The number of rotatable bonds is 4. The van der Waals surface area contributed by atoms with Gasteiger partial charge in [0.15, 0.2) is 0 Å². The lowest BCUT2D eigenvalue weighted by Gasteiger charge is -2.36. The van der Waals surface area contributed by atoms with Crippen LogP contribution in [0.5, 0.6) is 0 Å². The average molecular weight is 339 g/mol. The summed E-state index contributed by atoms with van der Waals surface area (Å²) in [7, 11) is 1.96. The molecule has 2 rings (SSSR count). The molecule has 1 fully saturated rings. The van der Waals surface area contributed by atoms with Crippen LogP contribution < -0.4 is 5.32 Å². The van der Waals surface area contributed by atoms with Gasteiger partial charge in [-0.3, -0.25) is 4.79 Å². The zero-order valence-corrected chi connectivity index (χ0v) is 13.9. The Morgan fingerprint density at radius 3 is 2.95 bits per heavy atom. The van der Waals surface area contributed by atoms with Crippen molar-refractivity contribution >= 4 is 21.8 Å². The largest absolute Gasteiger partial charge is 0.336 e. The van der Waals surface area contributed by atoms with Crippen molar-refractivity contribution < 1.29 is 4.79 Å². The summed E-state index contributed by atoms with van der Waals surface area (Å²) >= 11 is 3.51. The van der Waals surface area contributed by atoms with Crippen LogP contribution in [0.15, 0.2) is 22.7 Å². The van der Waals surface area contributed by atoms with Gasteiger partial charge in [-0.25, -0.2) is 0 Å². The molecule has 1 unspecified atom stereocenters. The van der Waals surface area contributed by atoms with Gasteiger partial charge in [0.05, 0.1) is 0 Å². The number of hydrogen-bond donors (Lipinski definition) is 1. The minimum atomic E-state index is 0.173. The molecular formula is C16H23BrN2O. The lowest BCUT2D eigenvalue weighted by Crippen LogP contribution is -2.44. The van der Waals surface area contributed by atoms with E-state index in [-0.39, 0.29) is 5.91 Å². The molecule has 0 radical (unpaired) electrons. The van der Waals surface area contributed by atoms with Crippen molar-refractivity contribution in [3.05, 3.63) is 33.8 Å². The number of carbonyl (C=O) groups excluding carboxylic acids is 1. The fraction of sp³-hybridized carbons (Fsp3) is 0.562. The SMILES string of the molecule is CNCCC1CCCCN1C(=O)c1ccc(C)c(Br)c1. The highest BCUT2D eigenvalue weighted by Gasteiger charge is 2.27. The van der Waals surface area contributed by atoms with Crippen LogP contribution in [-0.2, 0) is 0 Å². The van der Waals surface area contributed by atoms with Crippen LogP contribution in [0.25, 0.3) is 0 Å². The van der Waals surface area contributed by atoms with E-state index in [4.69, 9.17) is 0 Å². The molecule has 1 amide bonds. The van der Waals surface area contributed by atoms with Gasteiger partial charge in [-0.05, 0) is 63.9 Å². The van der Waals surface area contributed by atoms with E-state index in [0.29, 0.717) is 6.04 Å². The Balaban J connectivity index is 2.14. The number of amides is 1. The number of benzene rings is 1. The lowest BCUT2D eigenvalue weighted by atomic mass is 9.98. The highest BCUT2D eigenvalue weighted by atomic mass is 79.9. The molecule has 0 bridgehead atoms. The molecule has 20 heavy (non-hydrogen) atoms. The standard InChI is InChI=1S/C16H23BrN2O/c1-12-6-7-13(11-15(12)17)16(20)19-10-4-3-5-14(19)8-9-18-2/h6-7,11,14,18H,3-5,8-10H2,1-2H3. The van der Waals surface area contributed by atoms with E-state index in [1.54, 1.807) is 0 Å². The van der Waals surface area contributed by atoms with Crippen molar-refractivity contribution in [2.24, 2.45) is 0 Å². The molecule has 4 heteroatoms. The third-order valence-corrected chi connectivity index (χ3v) is 4.89. The number of nitrogens with zero attached hydrogens (tertiary/aromatic N) is 1. The van der Waals surface area contributed by atoms with Gasteiger partial charge in [-0.1, -0.05) is 22.0 Å². The van der Waals surface area contributed by atoms with Crippen molar-refractivity contribution in [3.63, 3.8) is 0 Å². The maximum Gasteiger partial charge on any atom is 0.254 e. The van der Waals surface area contributed by atoms with Crippen LogP contribution in [0.4, 0.5) is 0 Å². The van der Waals surface area contributed by atoms with Gasteiger partial charge in [0.1, 0.15) is 0 Å². The smallest absolute Gasteiger partial charge is 0.254 e. The molecule has 1 atom stereocenters. The zero-order valence-electron chi connectivity index (χ0n) is 12.3. The monoisotopic (exact) mass is 338 g/mol. The Labute approximate surface area is 129 Å². The number of nitrogens with one attached hydrogen (secondary N) is 1. The predicted octanol–water partition coefficient (Wildman–Crippen LogP) is 3.36. The van der Waals surface area contributed by atoms with E-state index >= 15 is 0 Å². The van der Waals surface area contributed by atoms with Gasteiger partial charge in [0, 0.05) is 22.6 Å². The summed E-state index contributed by atoms with van der Waals surface area (Å²) in [5, 5.41) is 3.19. The van der Waals surface area contributed by atoms with E-state index in [1.807, 2.05) is 32.2 Å². The quantitative estimate of drug-likeness (QED) is 0.912. The summed E-state index contributed by atoms with van der Waals surface area (Å²) in [6.07, 6.45) is 4.51. The van der Waals surface area contributed by atoms with Crippen LogP contribution in [0.2, 0.25) is 0 Å². The van der Waals surface area contributed by atoms with Crippen molar-refractivity contribution in [3.8, 4) is 0 Å². The lowest BCUT2D eigenvalue weighted by molar-refractivity contribution is 0.0602.